The van der Waals surface area contributed by atoms with Gasteiger partial charge in [0.15, 0.2) is 0 Å². The third-order valence-electron chi connectivity index (χ3n) is 5.53. The third kappa shape index (κ3) is 6.78. The summed E-state index contributed by atoms with van der Waals surface area (Å²) in [4.78, 5) is 14.1. The monoisotopic (exact) mass is 463 g/mol. The molecular formula is C28H33NO3S. The first kappa shape index (κ1) is 24.7. The molecule has 33 heavy (non-hydrogen) atoms. The average molecular weight is 464 g/mol. The van der Waals surface area contributed by atoms with Gasteiger partial charge < -0.3 is 14.8 Å². The molecule has 0 aromatic heterocycles. The highest BCUT2D eigenvalue weighted by molar-refractivity contribution is 7.99. The Morgan fingerprint density at radius 1 is 0.970 bits per heavy atom. The number of methoxy groups -OCH3 is 1. The SMILES string of the molecule is COc1cc(C)c(C(C)NC(=O)c2ccc(OCCSc3ccccc3)cc2)cc1C(C)C. The summed E-state index contributed by atoms with van der Waals surface area (Å²) in [6, 6.07) is 21.7. The maximum absolute atomic E-state index is 12.8. The summed E-state index contributed by atoms with van der Waals surface area (Å²) < 4.78 is 11.4. The molecule has 1 unspecified atom stereocenters. The number of ether oxygens (including phenoxy) is 2. The zero-order valence-electron chi connectivity index (χ0n) is 20.1. The van der Waals surface area contributed by atoms with Gasteiger partial charge in [-0.3, -0.25) is 4.79 Å². The molecule has 1 amide bonds. The molecular weight excluding hydrogens is 430 g/mol. The number of hydrogen-bond donors (Lipinski definition) is 1. The average Bonchev–Trinajstić information content (AvgIpc) is 2.82. The van der Waals surface area contributed by atoms with Gasteiger partial charge in [0.05, 0.1) is 19.8 Å². The standard InChI is InChI=1S/C28H33NO3S/c1-19(2)25-18-26(20(3)17-27(25)31-5)21(4)29-28(30)22-11-13-23(14-12-22)32-15-16-33-24-9-7-6-8-10-24/h6-14,17-19,21H,15-16H2,1-5H3,(H,29,30). The molecule has 0 spiro atoms. The minimum Gasteiger partial charge on any atom is -0.496 e. The number of hydrogen-bond acceptors (Lipinski definition) is 4. The Morgan fingerprint density at radius 2 is 1.67 bits per heavy atom. The van der Waals surface area contributed by atoms with Crippen molar-refractivity contribution in [3.05, 3.63) is 89.0 Å². The summed E-state index contributed by atoms with van der Waals surface area (Å²) in [5.74, 6) is 2.75. The van der Waals surface area contributed by atoms with Crippen LogP contribution in [0.25, 0.3) is 0 Å². The molecule has 0 fully saturated rings. The molecule has 5 heteroatoms. The van der Waals surface area contributed by atoms with E-state index in [1.54, 1.807) is 18.9 Å². The van der Waals surface area contributed by atoms with E-state index in [2.05, 4.69) is 43.4 Å². The van der Waals surface area contributed by atoms with Gasteiger partial charge in [-0.2, -0.15) is 0 Å². The van der Waals surface area contributed by atoms with Crippen LogP contribution in [0.15, 0.2) is 71.6 Å². The lowest BCUT2D eigenvalue weighted by atomic mass is 9.93. The second kappa shape index (κ2) is 11.8. The highest BCUT2D eigenvalue weighted by Gasteiger charge is 2.17. The largest absolute Gasteiger partial charge is 0.496 e. The lowest BCUT2D eigenvalue weighted by molar-refractivity contribution is 0.0940. The Hall–Kier alpha value is -2.92. The van der Waals surface area contributed by atoms with Crippen LogP contribution < -0.4 is 14.8 Å². The number of nitrogens with one attached hydrogen (secondary N) is 1. The van der Waals surface area contributed by atoms with Gasteiger partial charge in [0.25, 0.3) is 5.91 Å². The van der Waals surface area contributed by atoms with Crippen molar-refractivity contribution in [3.8, 4) is 11.5 Å². The highest BCUT2D eigenvalue weighted by Crippen LogP contribution is 2.32. The summed E-state index contributed by atoms with van der Waals surface area (Å²) >= 11 is 1.76. The number of carbonyl (C=O) groups excluding carboxylic acids is 1. The number of thioether (sulfide) groups is 1. The first-order valence-corrected chi connectivity index (χ1v) is 12.3. The van der Waals surface area contributed by atoms with Crippen LogP contribution in [-0.2, 0) is 0 Å². The van der Waals surface area contributed by atoms with E-state index in [-0.39, 0.29) is 11.9 Å². The fourth-order valence-electron chi connectivity index (χ4n) is 3.71. The van der Waals surface area contributed by atoms with Crippen molar-refractivity contribution in [2.24, 2.45) is 0 Å². The van der Waals surface area contributed by atoms with E-state index < -0.39 is 0 Å². The van der Waals surface area contributed by atoms with E-state index in [1.807, 2.05) is 56.3 Å². The van der Waals surface area contributed by atoms with Gasteiger partial charge in [-0.15, -0.1) is 11.8 Å². The smallest absolute Gasteiger partial charge is 0.251 e. The molecule has 1 atom stereocenters. The number of amides is 1. The minimum atomic E-state index is -0.119. The third-order valence-corrected chi connectivity index (χ3v) is 6.51. The summed E-state index contributed by atoms with van der Waals surface area (Å²) in [6.45, 7) is 8.96. The number of aryl methyl sites for hydroxylation is 1. The predicted molar refractivity (Wildman–Crippen MR) is 137 cm³/mol. The van der Waals surface area contributed by atoms with Crippen molar-refractivity contribution < 1.29 is 14.3 Å². The minimum absolute atomic E-state index is 0.102. The van der Waals surface area contributed by atoms with Crippen molar-refractivity contribution in [1.29, 1.82) is 0 Å². The summed E-state index contributed by atoms with van der Waals surface area (Å²) in [6.07, 6.45) is 0. The first-order valence-electron chi connectivity index (χ1n) is 11.3. The topological polar surface area (TPSA) is 47.6 Å². The van der Waals surface area contributed by atoms with Crippen molar-refractivity contribution in [2.75, 3.05) is 19.5 Å². The van der Waals surface area contributed by atoms with Gasteiger partial charge in [-0.05, 0) is 85.0 Å². The van der Waals surface area contributed by atoms with Gasteiger partial charge in [-0.25, -0.2) is 0 Å². The Labute approximate surface area is 201 Å². The molecule has 4 nitrogen and oxygen atoms in total. The van der Waals surface area contributed by atoms with Crippen LogP contribution in [-0.4, -0.2) is 25.4 Å². The molecule has 0 aliphatic rings. The Bertz CT molecular complexity index is 1050. The van der Waals surface area contributed by atoms with E-state index in [4.69, 9.17) is 9.47 Å². The normalized spacial score (nSPS) is 11.8. The van der Waals surface area contributed by atoms with Crippen LogP contribution in [0.4, 0.5) is 0 Å². The number of carbonyl (C=O) groups is 1. The Kier molecular flexibility index (Phi) is 8.84. The van der Waals surface area contributed by atoms with Crippen LogP contribution in [0.2, 0.25) is 0 Å². The molecule has 0 saturated carbocycles. The van der Waals surface area contributed by atoms with Crippen molar-refractivity contribution in [2.45, 2.75) is 44.6 Å². The molecule has 0 heterocycles. The molecule has 0 aliphatic heterocycles. The zero-order chi connectivity index (χ0) is 23.8. The van der Waals surface area contributed by atoms with Crippen LogP contribution >= 0.6 is 11.8 Å². The Balaban J connectivity index is 1.56. The maximum atomic E-state index is 12.8. The lowest BCUT2D eigenvalue weighted by Gasteiger charge is -2.21. The zero-order valence-corrected chi connectivity index (χ0v) is 20.9. The summed E-state index contributed by atoms with van der Waals surface area (Å²) in [7, 11) is 1.70. The fraction of sp³-hybridized carbons (Fsp3) is 0.321. The van der Waals surface area contributed by atoms with E-state index in [0.717, 1.165) is 33.9 Å². The maximum Gasteiger partial charge on any atom is 0.251 e. The second-order valence-electron chi connectivity index (χ2n) is 8.33. The molecule has 174 valence electrons. The van der Waals surface area contributed by atoms with Crippen molar-refractivity contribution in [1.82, 2.24) is 5.32 Å². The van der Waals surface area contributed by atoms with Crippen LogP contribution in [0.1, 0.15) is 59.8 Å². The Morgan fingerprint density at radius 3 is 2.30 bits per heavy atom. The quantitative estimate of drug-likeness (QED) is 0.266. The lowest BCUT2D eigenvalue weighted by Crippen LogP contribution is -2.27. The molecule has 3 aromatic rings. The van der Waals surface area contributed by atoms with Gasteiger partial charge in [0, 0.05) is 16.2 Å². The van der Waals surface area contributed by atoms with Crippen LogP contribution in [0.3, 0.4) is 0 Å². The predicted octanol–water partition coefficient (Wildman–Crippen LogP) is 6.79. The van der Waals surface area contributed by atoms with Gasteiger partial charge in [-0.1, -0.05) is 32.0 Å². The van der Waals surface area contributed by atoms with Crippen molar-refractivity contribution in [3.63, 3.8) is 0 Å². The van der Waals surface area contributed by atoms with Gasteiger partial charge >= 0.3 is 0 Å². The first-order chi connectivity index (χ1) is 15.9. The summed E-state index contributed by atoms with van der Waals surface area (Å²) in [5.41, 5.74) is 3.96. The number of benzene rings is 3. The van der Waals surface area contributed by atoms with Gasteiger partial charge in [0.1, 0.15) is 11.5 Å². The number of rotatable bonds is 10. The van der Waals surface area contributed by atoms with E-state index in [1.165, 1.54) is 4.90 Å². The van der Waals surface area contributed by atoms with Crippen LogP contribution in [0, 0.1) is 6.92 Å². The molecule has 3 rings (SSSR count). The van der Waals surface area contributed by atoms with E-state index in [0.29, 0.717) is 18.1 Å². The van der Waals surface area contributed by atoms with E-state index >= 15 is 0 Å². The second-order valence-corrected chi connectivity index (χ2v) is 9.50. The highest BCUT2D eigenvalue weighted by atomic mass is 32.2. The van der Waals surface area contributed by atoms with Crippen LogP contribution in [0.5, 0.6) is 11.5 Å². The molecule has 0 bridgehead atoms. The van der Waals surface area contributed by atoms with E-state index in [9.17, 15) is 4.79 Å². The van der Waals surface area contributed by atoms with Gasteiger partial charge in [0.2, 0.25) is 0 Å². The van der Waals surface area contributed by atoms with Crippen molar-refractivity contribution >= 4 is 17.7 Å². The molecule has 1 N–H and O–H groups in total. The molecule has 0 radical (unpaired) electrons. The summed E-state index contributed by atoms with van der Waals surface area (Å²) in [5, 5.41) is 3.12. The molecule has 0 aliphatic carbocycles. The molecule has 0 saturated heterocycles. The molecule has 3 aromatic carbocycles. The fourth-order valence-corrected chi connectivity index (χ4v) is 4.46.